The third kappa shape index (κ3) is 2.95. The van der Waals surface area contributed by atoms with Crippen molar-refractivity contribution in [3.8, 4) is 0 Å². The van der Waals surface area contributed by atoms with Crippen molar-refractivity contribution in [3.05, 3.63) is 69.8 Å². The summed E-state index contributed by atoms with van der Waals surface area (Å²) < 4.78 is 0. The van der Waals surface area contributed by atoms with E-state index in [0.29, 0.717) is 5.69 Å². The summed E-state index contributed by atoms with van der Waals surface area (Å²) in [6, 6.07) is 13.9. The minimum Gasteiger partial charge on any atom is -0.399 e. The first-order chi connectivity index (χ1) is 8.65. The predicted octanol–water partition coefficient (Wildman–Crippen LogP) is 3.35. The van der Waals surface area contributed by atoms with Crippen molar-refractivity contribution < 1.29 is 4.92 Å². The largest absolute Gasteiger partial charge is 0.399 e. The van der Waals surface area contributed by atoms with Gasteiger partial charge in [-0.05, 0) is 35.4 Å². The number of benzene rings is 2. The maximum absolute atomic E-state index is 10.5. The van der Waals surface area contributed by atoms with Crippen LogP contribution in [0.5, 0.6) is 0 Å². The fourth-order valence-electron chi connectivity index (χ4n) is 1.56. The van der Waals surface area contributed by atoms with Gasteiger partial charge in [0.25, 0.3) is 5.69 Å². The van der Waals surface area contributed by atoms with Crippen LogP contribution in [-0.2, 0) is 0 Å². The molecule has 0 aliphatic carbocycles. The highest BCUT2D eigenvalue weighted by Crippen LogP contribution is 2.15. The summed E-state index contributed by atoms with van der Waals surface area (Å²) in [5.74, 6) is 0. The van der Waals surface area contributed by atoms with Crippen molar-refractivity contribution >= 4 is 23.5 Å². The SMILES string of the molecule is Nc1cccc(C=Cc2ccc([N+](=O)[O-])cc2)c1. The molecule has 2 aromatic rings. The number of nitrogens with two attached hydrogens (primary N) is 1. The normalized spacial score (nSPS) is 10.7. The average Bonchev–Trinajstić information content (AvgIpc) is 2.37. The van der Waals surface area contributed by atoms with Crippen LogP contribution in [0.1, 0.15) is 11.1 Å². The Morgan fingerprint density at radius 2 is 1.67 bits per heavy atom. The number of rotatable bonds is 3. The van der Waals surface area contributed by atoms with Crippen LogP contribution in [0.4, 0.5) is 11.4 Å². The molecule has 2 rings (SSSR count). The summed E-state index contributed by atoms with van der Waals surface area (Å²) >= 11 is 0. The molecule has 0 aromatic heterocycles. The molecule has 0 saturated carbocycles. The summed E-state index contributed by atoms with van der Waals surface area (Å²) in [5.41, 5.74) is 8.37. The molecule has 0 atom stereocenters. The van der Waals surface area contributed by atoms with Gasteiger partial charge in [0.2, 0.25) is 0 Å². The fraction of sp³-hybridized carbons (Fsp3) is 0. The van der Waals surface area contributed by atoms with Gasteiger partial charge in [-0.2, -0.15) is 0 Å². The van der Waals surface area contributed by atoms with E-state index in [9.17, 15) is 10.1 Å². The van der Waals surface area contributed by atoms with Crippen LogP contribution >= 0.6 is 0 Å². The minimum atomic E-state index is -0.411. The van der Waals surface area contributed by atoms with Gasteiger partial charge in [-0.25, -0.2) is 0 Å². The first-order valence-electron chi connectivity index (χ1n) is 5.43. The van der Waals surface area contributed by atoms with Crippen LogP contribution in [-0.4, -0.2) is 4.92 Å². The number of nitro benzene ring substituents is 1. The van der Waals surface area contributed by atoms with E-state index in [2.05, 4.69) is 0 Å². The van der Waals surface area contributed by atoms with E-state index in [-0.39, 0.29) is 5.69 Å². The van der Waals surface area contributed by atoms with E-state index in [1.807, 2.05) is 36.4 Å². The highest BCUT2D eigenvalue weighted by Gasteiger charge is 2.01. The van der Waals surface area contributed by atoms with E-state index < -0.39 is 4.92 Å². The molecule has 0 unspecified atom stereocenters. The lowest BCUT2D eigenvalue weighted by atomic mass is 10.1. The highest BCUT2D eigenvalue weighted by atomic mass is 16.6. The van der Waals surface area contributed by atoms with E-state index in [0.717, 1.165) is 11.1 Å². The first-order valence-corrected chi connectivity index (χ1v) is 5.43. The maximum atomic E-state index is 10.5. The van der Waals surface area contributed by atoms with Gasteiger partial charge in [-0.3, -0.25) is 10.1 Å². The molecule has 4 nitrogen and oxygen atoms in total. The van der Waals surface area contributed by atoms with Crippen molar-refractivity contribution in [2.45, 2.75) is 0 Å². The quantitative estimate of drug-likeness (QED) is 0.387. The molecular formula is C14H12N2O2. The molecule has 0 radical (unpaired) electrons. The summed E-state index contributed by atoms with van der Waals surface area (Å²) in [4.78, 5) is 10.1. The number of nitro groups is 1. The molecule has 0 aliphatic rings. The zero-order chi connectivity index (χ0) is 13.0. The Labute approximate surface area is 105 Å². The topological polar surface area (TPSA) is 69.2 Å². The summed E-state index contributed by atoms with van der Waals surface area (Å²) in [6.07, 6.45) is 3.80. The van der Waals surface area contributed by atoms with Crippen LogP contribution in [0.2, 0.25) is 0 Å². The number of hydrogen-bond acceptors (Lipinski definition) is 3. The van der Waals surface area contributed by atoms with Gasteiger partial charge in [0.15, 0.2) is 0 Å². The monoisotopic (exact) mass is 240 g/mol. The fourth-order valence-corrected chi connectivity index (χ4v) is 1.56. The van der Waals surface area contributed by atoms with Crippen molar-refractivity contribution in [2.24, 2.45) is 0 Å². The summed E-state index contributed by atoms with van der Waals surface area (Å²) in [5, 5.41) is 10.5. The number of anilines is 1. The van der Waals surface area contributed by atoms with E-state index in [4.69, 9.17) is 5.73 Å². The average molecular weight is 240 g/mol. The predicted molar refractivity (Wildman–Crippen MR) is 72.9 cm³/mol. The van der Waals surface area contributed by atoms with E-state index in [1.165, 1.54) is 12.1 Å². The molecule has 90 valence electrons. The molecule has 0 heterocycles. The molecule has 0 aliphatic heterocycles. The molecule has 0 saturated heterocycles. The van der Waals surface area contributed by atoms with Gasteiger partial charge in [0.1, 0.15) is 0 Å². The molecule has 0 spiro atoms. The third-order valence-electron chi connectivity index (χ3n) is 2.48. The molecule has 0 fully saturated rings. The van der Waals surface area contributed by atoms with Crippen molar-refractivity contribution in [1.29, 1.82) is 0 Å². The Kier molecular flexibility index (Phi) is 3.38. The second-order valence-electron chi connectivity index (χ2n) is 3.85. The lowest BCUT2D eigenvalue weighted by Crippen LogP contribution is -1.86. The Balaban J connectivity index is 2.16. The van der Waals surface area contributed by atoms with Gasteiger partial charge in [0, 0.05) is 17.8 Å². The van der Waals surface area contributed by atoms with Gasteiger partial charge in [-0.15, -0.1) is 0 Å². The van der Waals surface area contributed by atoms with Gasteiger partial charge < -0.3 is 5.73 Å². The second kappa shape index (κ2) is 5.14. The number of non-ortho nitro benzene ring substituents is 1. The molecular weight excluding hydrogens is 228 g/mol. The Morgan fingerprint density at radius 1 is 1.00 bits per heavy atom. The van der Waals surface area contributed by atoms with Crippen molar-refractivity contribution in [3.63, 3.8) is 0 Å². The number of nitrogen functional groups attached to an aromatic ring is 1. The van der Waals surface area contributed by atoms with Crippen LogP contribution in [0, 0.1) is 10.1 Å². The molecule has 4 heteroatoms. The zero-order valence-corrected chi connectivity index (χ0v) is 9.61. The Morgan fingerprint density at radius 3 is 2.28 bits per heavy atom. The second-order valence-corrected chi connectivity index (χ2v) is 3.85. The van der Waals surface area contributed by atoms with E-state index in [1.54, 1.807) is 12.1 Å². The standard InChI is InChI=1S/C14H12N2O2/c15-13-3-1-2-12(10-13)5-4-11-6-8-14(9-7-11)16(17)18/h1-10H,15H2. The van der Waals surface area contributed by atoms with Crippen LogP contribution in [0.25, 0.3) is 12.2 Å². The number of hydrogen-bond donors (Lipinski definition) is 1. The van der Waals surface area contributed by atoms with Gasteiger partial charge in [0.05, 0.1) is 4.92 Å². The Bertz CT molecular complexity index is 589. The zero-order valence-electron chi connectivity index (χ0n) is 9.61. The summed E-state index contributed by atoms with van der Waals surface area (Å²) in [7, 11) is 0. The van der Waals surface area contributed by atoms with E-state index >= 15 is 0 Å². The van der Waals surface area contributed by atoms with Gasteiger partial charge >= 0.3 is 0 Å². The first kappa shape index (κ1) is 11.9. The lowest BCUT2D eigenvalue weighted by Gasteiger charge is -1.96. The molecule has 2 aromatic carbocycles. The van der Waals surface area contributed by atoms with Crippen molar-refractivity contribution in [1.82, 2.24) is 0 Å². The molecule has 2 N–H and O–H groups in total. The molecule has 0 amide bonds. The highest BCUT2D eigenvalue weighted by molar-refractivity contribution is 5.71. The lowest BCUT2D eigenvalue weighted by molar-refractivity contribution is -0.384. The Hall–Kier alpha value is -2.62. The van der Waals surface area contributed by atoms with Crippen LogP contribution < -0.4 is 5.73 Å². The third-order valence-corrected chi connectivity index (χ3v) is 2.48. The minimum absolute atomic E-state index is 0.0936. The summed E-state index contributed by atoms with van der Waals surface area (Å²) in [6.45, 7) is 0. The molecule has 0 bridgehead atoms. The molecule has 18 heavy (non-hydrogen) atoms. The van der Waals surface area contributed by atoms with Crippen LogP contribution in [0.15, 0.2) is 48.5 Å². The van der Waals surface area contributed by atoms with Crippen LogP contribution in [0.3, 0.4) is 0 Å². The van der Waals surface area contributed by atoms with Gasteiger partial charge in [-0.1, -0.05) is 24.3 Å². The maximum Gasteiger partial charge on any atom is 0.269 e. The number of nitrogens with zero attached hydrogens (tertiary/aromatic N) is 1. The smallest absolute Gasteiger partial charge is 0.269 e. The van der Waals surface area contributed by atoms with Crippen molar-refractivity contribution in [2.75, 3.05) is 5.73 Å².